The van der Waals surface area contributed by atoms with E-state index in [1.54, 1.807) is 7.11 Å². The van der Waals surface area contributed by atoms with Gasteiger partial charge in [0.25, 0.3) is 5.56 Å². The Bertz CT molecular complexity index is 917. The maximum atomic E-state index is 11.8. The van der Waals surface area contributed by atoms with Crippen molar-refractivity contribution in [3.05, 3.63) is 51.9 Å². The average Bonchev–Trinajstić information content (AvgIpc) is 3.15. The maximum Gasteiger partial charge on any atom is 0.300 e. The molecule has 0 amide bonds. The summed E-state index contributed by atoms with van der Waals surface area (Å²) >= 11 is 0. The summed E-state index contributed by atoms with van der Waals surface area (Å²) in [5.41, 5.74) is 1.95. The molecule has 0 spiro atoms. The summed E-state index contributed by atoms with van der Waals surface area (Å²) in [6, 6.07) is 10.6. The van der Waals surface area contributed by atoms with Gasteiger partial charge in [-0.15, -0.1) is 0 Å². The van der Waals surface area contributed by atoms with Crippen LogP contribution in [0.25, 0.3) is 0 Å². The first kappa shape index (κ1) is 19.6. The molecule has 5 rings (SSSR count). The third-order valence-electron chi connectivity index (χ3n) is 7.04. The molecule has 0 unspecified atom stereocenters. The molecule has 1 aliphatic heterocycles. The molecule has 1 atom stereocenters. The molecule has 2 bridgehead atoms. The Balaban J connectivity index is 1.21. The van der Waals surface area contributed by atoms with Crippen molar-refractivity contribution in [2.24, 2.45) is 11.8 Å². The van der Waals surface area contributed by atoms with E-state index >= 15 is 0 Å². The van der Waals surface area contributed by atoms with Crippen LogP contribution in [-0.2, 0) is 17.9 Å². The normalized spacial score (nSPS) is 27.4. The zero-order valence-electron chi connectivity index (χ0n) is 17.6. The topological polar surface area (TPSA) is 62.6 Å². The maximum absolute atomic E-state index is 11.8. The fraction of sp³-hybridized carbons (Fsp3) is 0.583. The standard InChI is InChI=1S/C24H30N2O4/c1-28-14-19-12-22(27)25-24-26(19)13-21(30-24)15-29-20-10-8-18(9-11-20)23-16-4-2-5-17(23)7-3-6-16/h8-12,16-17,21,23H,2-7,13-15H2,1H3/t16?,17?,21-,23?/m0/s1. The molecule has 30 heavy (non-hydrogen) atoms. The molecule has 2 aromatic rings. The van der Waals surface area contributed by atoms with E-state index in [9.17, 15) is 4.79 Å². The number of rotatable bonds is 6. The summed E-state index contributed by atoms with van der Waals surface area (Å²) < 4.78 is 18.9. The fourth-order valence-corrected chi connectivity index (χ4v) is 5.76. The van der Waals surface area contributed by atoms with E-state index in [-0.39, 0.29) is 11.7 Å². The van der Waals surface area contributed by atoms with Crippen molar-refractivity contribution in [1.29, 1.82) is 0 Å². The number of hydrogen-bond acceptors (Lipinski definition) is 5. The lowest BCUT2D eigenvalue weighted by Gasteiger charge is -2.43. The van der Waals surface area contributed by atoms with Gasteiger partial charge in [0.05, 0.1) is 18.8 Å². The number of benzene rings is 1. The van der Waals surface area contributed by atoms with Crippen molar-refractivity contribution in [2.45, 2.75) is 63.7 Å². The van der Waals surface area contributed by atoms with E-state index in [2.05, 4.69) is 29.2 Å². The molecule has 2 fully saturated rings. The first-order chi connectivity index (χ1) is 14.7. The van der Waals surface area contributed by atoms with Crippen LogP contribution >= 0.6 is 0 Å². The Hall–Kier alpha value is -2.34. The summed E-state index contributed by atoms with van der Waals surface area (Å²) in [6.45, 7) is 1.37. The largest absolute Gasteiger partial charge is 0.490 e. The van der Waals surface area contributed by atoms with Crippen LogP contribution in [0.5, 0.6) is 11.8 Å². The number of ether oxygens (including phenoxy) is 3. The van der Waals surface area contributed by atoms with E-state index in [0.29, 0.717) is 25.8 Å². The molecule has 0 N–H and O–H groups in total. The highest BCUT2D eigenvalue weighted by Gasteiger charge is 2.37. The zero-order valence-corrected chi connectivity index (χ0v) is 17.6. The highest BCUT2D eigenvalue weighted by molar-refractivity contribution is 5.31. The van der Waals surface area contributed by atoms with Crippen molar-refractivity contribution in [1.82, 2.24) is 9.55 Å². The van der Waals surface area contributed by atoms with E-state index in [0.717, 1.165) is 29.2 Å². The molecule has 0 saturated heterocycles. The molecule has 160 valence electrons. The van der Waals surface area contributed by atoms with Gasteiger partial charge in [-0.05, 0) is 61.1 Å². The minimum absolute atomic E-state index is 0.174. The fourth-order valence-electron chi connectivity index (χ4n) is 5.76. The molecule has 6 nitrogen and oxygen atoms in total. The summed E-state index contributed by atoms with van der Waals surface area (Å²) in [6.07, 6.45) is 8.20. The number of methoxy groups -OCH3 is 1. The smallest absolute Gasteiger partial charge is 0.300 e. The summed E-state index contributed by atoms with van der Waals surface area (Å²) in [5.74, 6) is 3.33. The molecule has 2 saturated carbocycles. The van der Waals surface area contributed by atoms with Crippen LogP contribution in [0, 0.1) is 11.8 Å². The van der Waals surface area contributed by atoms with Gasteiger partial charge >= 0.3 is 6.01 Å². The lowest BCUT2D eigenvalue weighted by Crippen LogP contribution is -2.30. The highest BCUT2D eigenvalue weighted by Crippen LogP contribution is 2.49. The van der Waals surface area contributed by atoms with Gasteiger partial charge in [-0.25, -0.2) is 0 Å². The number of nitrogens with zero attached hydrogens (tertiary/aromatic N) is 2. The first-order valence-electron chi connectivity index (χ1n) is 11.2. The van der Waals surface area contributed by atoms with Crippen LogP contribution in [0.4, 0.5) is 0 Å². The van der Waals surface area contributed by atoms with Crippen LogP contribution in [-0.4, -0.2) is 29.4 Å². The van der Waals surface area contributed by atoms with Gasteiger partial charge in [0.1, 0.15) is 12.4 Å². The van der Waals surface area contributed by atoms with E-state index < -0.39 is 0 Å². The van der Waals surface area contributed by atoms with Gasteiger partial charge < -0.3 is 14.2 Å². The number of fused-ring (bicyclic) bond motifs is 3. The Morgan fingerprint density at radius 1 is 1.10 bits per heavy atom. The van der Waals surface area contributed by atoms with E-state index in [1.165, 1.54) is 50.2 Å². The van der Waals surface area contributed by atoms with Gasteiger partial charge in [-0.3, -0.25) is 9.36 Å². The highest BCUT2D eigenvalue weighted by atomic mass is 16.6. The molecule has 1 aromatic heterocycles. The minimum atomic E-state index is -0.307. The lowest BCUT2D eigenvalue weighted by molar-refractivity contribution is 0.142. The van der Waals surface area contributed by atoms with E-state index in [4.69, 9.17) is 14.2 Å². The van der Waals surface area contributed by atoms with Gasteiger partial charge in [-0.1, -0.05) is 25.0 Å². The third-order valence-corrected chi connectivity index (χ3v) is 7.04. The minimum Gasteiger partial charge on any atom is -0.490 e. The molecule has 0 radical (unpaired) electrons. The number of aromatic nitrogens is 2. The molecule has 2 aliphatic carbocycles. The molecular weight excluding hydrogens is 380 g/mol. The SMILES string of the molecule is COCc1cc(=O)nc2n1C[C@@H](COc1ccc(C3C4CCCC3CCC4)cc1)O2. The quantitative estimate of drug-likeness (QED) is 0.722. The molecular formula is C24H30N2O4. The Morgan fingerprint density at radius 3 is 2.47 bits per heavy atom. The van der Waals surface area contributed by atoms with Crippen molar-refractivity contribution < 1.29 is 14.2 Å². The Kier molecular flexibility index (Phi) is 5.50. The summed E-state index contributed by atoms with van der Waals surface area (Å²) in [5, 5.41) is 0. The second-order valence-corrected chi connectivity index (χ2v) is 8.94. The van der Waals surface area contributed by atoms with Crippen molar-refractivity contribution in [2.75, 3.05) is 13.7 Å². The van der Waals surface area contributed by atoms with Gasteiger partial charge in [0.2, 0.25) is 0 Å². The molecule has 2 heterocycles. The van der Waals surface area contributed by atoms with Gasteiger partial charge in [-0.2, -0.15) is 4.98 Å². The third kappa shape index (κ3) is 3.85. The second kappa shape index (κ2) is 8.42. The summed E-state index contributed by atoms with van der Waals surface area (Å²) in [7, 11) is 1.61. The monoisotopic (exact) mass is 410 g/mol. The lowest BCUT2D eigenvalue weighted by atomic mass is 9.62. The zero-order chi connectivity index (χ0) is 20.5. The van der Waals surface area contributed by atoms with Crippen LogP contribution in [0.15, 0.2) is 35.1 Å². The number of hydrogen-bond donors (Lipinski definition) is 0. The Labute approximate surface area is 177 Å². The van der Waals surface area contributed by atoms with Crippen LogP contribution in [0.2, 0.25) is 0 Å². The predicted molar refractivity (Wildman–Crippen MR) is 113 cm³/mol. The van der Waals surface area contributed by atoms with Crippen LogP contribution in [0.3, 0.4) is 0 Å². The second-order valence-electron chi connectivity index (χ2n) is 8.94. The van der Waals surface area contributed by atoms with Gasteiger partial charge in [0, 0.05) is 13.2 Å². The van der Waals surface area contributed by atoms with Crippen molar-refractivity contribution in [3.63, 3.8) is 0 Å². The van der Waals surface area contributed by atoms with E-state index in [1.807, 2.05) is 4.57 Å². The molecule has 3 aliphatic rings. The summed E-state index contributed by atoms with van der Waals surface area (Å²) in [4.78, 5) is 15.7. The van der Waals surface area contributed by atoms with Crippen molar-refractivity contribution >= 4 is 0 Å². The van der Waals surface area contributed by atoms with Crippen LogP contribution in [0.1, 0.15) is 55.7 Å². The van der Waals surface area contributed by atoms with Crippen LogP contribution < -0.4 is 15.0 Å². The van der Waals surface area contributed by atoms with Gasteiger partial charge in [0.15, 0.2) is 6.10 Å². The average molecular weight is 411 g/mol. The van der Waals surface area contributed by atoms with Crippen molar-refractivity contribution in [3.8, 4) is 11.8 Å². The first-order valence-corrected chi connectivity index (χ1v) is 11.2. The molecule has 6 heteroatoms. The molecule has 1 aromatic carbocycles. The Morgan fingerprint density at radius 2 is 1.80 bits per heavy atom. The predicted octanol–water partition coefficient (Wildman–Crippen LogP) is 3.91.